The standard InChI is InChI=1S/C14H27N3O2/c1-4-13(18)16-12-6-8-17(9-7-12)14(19)11(3)10-15-5-2/h11-12,15H,4-10H2,1-3H3,(H,16,18). The molecule has 0 aromatic heterocycles. The normalized spacial score (nSPS) is 18.2. The van der Waals surface area contributed by atoms with Gasteiger partial charge in [-0.15, -0.1) is 0 Å². The predicted octanol–water partition coefficient (Wildman–Crippen LogP) is 0.749. The molecule has 5 nitrogen and oxygen atoms in total. The molecule has 19 heavy (non-hydrogen) atoms. The summed E-state index contributed by atoms with van der Waals surface area (Å²) in [6.45, 7) is 9.00. The third-order valence-corrected chi connectivity index (χ3v) is 3.61. The lowest BCUT2D eigenvalue weighted by molar-refractivity contribution is -0.136. The number of likely N-dealkylation sites (tertiary alicyclic amines) is 1. The molecule has 2 N–H and O–H groups in total. The van der Waals surface area contributed by atoms with Crippen LogP contribution in [0.25, 0.3) is 0 Å². The van der Waals surface area contributed by atoms with E-state index in [1.807, 2.05) is 25.7 Å². The lowest BCUT2D eigenvalue weighted by atomic mass is 10.0. The fourth-order valence-electron chi connectivity index (χ4n) is 2.33. The van der Waals surface area contributed by atoms with Crippen molar-refractivity contribution >= 4 is 11.8 Å². The van der Waals surface area contributed by atoms with Crippen LogP contribution in [0, 0.1) is 5.92 Å². The van der Waals surface area contributed by atoms with E-state index in [-0.39, 0.29) is 23.8 Å². The summed E-state index contributed by atoms with van der Waals surface area (Å²) in [4.78, 5) is 25.4. The number of hydrogen-bond donors (Lipinski definition) is 2. The fourth-order valence-corrected chi connectivity index (χ4v) is 2.33. The molecule has 0 spiro atoms. The Bertz CT molecular complexity index is 299. The van der Waals surface area contributed by atoms with Crippen molar-refractivity contribution in [2.24, 2.45) is 5.92 Å². The van der Waals surface area contributed by atoms with E-state index in [1.54, 1.807) is 0 Å². The molecule has 1 aliphatic rings. The van der Waals surface area contributed by atoms with Crippen molar-refractivity contribution in [2.75, 3.05) is 26.2 Å². The third-order valence-electron chi connectivity index (χ3n) is 3.61. The monoisotopic (exact) mass is 269 g/mol. The van der Waals surface area contributed by atoms with Crippen molar-refractivity contribution < 1.29 is 9.59 Å². The number of amides is 2. The van der Waals surface area contributed by atoms with Crippen LogP contribution in [0.1, 0.15) is 40.0 Å². The Kier molecular flexibility index (Phi) is 6.84. The Morgan fingerprint density at radius 1 is 1.26 bits per heavy atom. The maximum atomic E-state index is 12.2. The maximum Gasteiger partial charge on any atom is 0.226 e. The van der Waals surface area contributed by atoms with Gasteiger partial charge in [-0.05, 0) is 19.4 Å². The van der Waals surface area contributed by atoms with Gasteiger partial charge >= 0.3 is 0 Å². The van der Waals surface area contributed by atoms with Gasteiger partial charge in [-0.1, -0.05) is 20.8 Å². The van der Waals surface area contributed by atoms with Crippen molar-refractivity contribution in [3.8, 4) is 0 Å². The van der Waals surface area contributed by atoms with Crippen LogP contribution in [0.2, 0.25) is 0 Å². The van der Waals surface area contributed by atoms with Crippen molar-refractivity contribution in [3.05, 3.63) is 0 Å². The van der Waals surface area contributed by atoms with Gasteiger partial charge in [0.05, 0.1) is 0 Å². The van der Waals surface area contributed by atoms with E-state index in [2.05, 4.69) is 10.6 Å². The topological polar surface area (TPSA) is 61.4 Å². The summed E-state index contributed by atoms with van der Waals surface area (Å²) >= 11 is 0. The van der Waals surface area contributed by atoms with Crippen LogP contribution >= 0.6 is 0 Å². The van der Waals surface area contributed by atoms with Crippen LogP contribution in [0.3, 0.4) is 0 Å². The summed E-state index contributed by atoms with van der Waals surface area (Å²) in [7, 11) is 0. The molecule has 0 bridgehead atoms. The summed E-state index contributed by atoms with van der Waals surface area (Å²) in [6, 6.07) is 0.237. The largest absolute Gasteiger partial charge is 0.353 e. The number of carbonyl (C=O) groups is 2. The smallest absolute Gasteiger partial charge is 0.226 e. The quantitative estimate of drug-likeness (QED) is 0.748. The van der Waals surface area contributed by atoms with E-state index in [0.29, 0.717) is 6.42 Å². The Morgan fingerprint density at radius 2 is 1.89 bits per heavy atom. The number of piperidine rings is 1. The summed E-state index contributed by atoms with van der Waals surface area (Å²) in [6.07, 6.45) is 2.26. The first-order valence-corrected chi connectivity index (χ1v) is 7.37. The third kappa shape index (κ3) is 5.19. The number of hydrogen-bond acceptors (Lipinski definition) is 3. The molecule has 0 aromatic rings. The predicted molar refractivity (Wildman–Crippen MR) is 75.7 cm³/mol. The summed E-state index contributed by atoms with van der Waals surface area (Å²) in [5.74, 6) is 0.355. The van der Waals surface area contributed by atoms with E-state index < -0.39 is 0 Å². The van der Waals surface area contributed by atoms with Crippen LogP contribution in [0.4, 0.5) is 0 Å². The molecule has 0 aromatic carbocycles. The zero-order valence-corrected chi connectivity index (χ0v) is 12.4. The highest BCUT2D eigenvalue weighted by atomic mass is 16.2. The highest BCUT2D eigenvalue weighted by Gasteiger charge is 2.26. The van der Waals surface area contributed by atoms with Gasteiger partial charge in [-0.25, -0.2) is 0 Å². The molecule has 1 atom stereocenters. The maximum absolute atomic E-state index is 12.2. The van der Waals surface area contributed by atoms with Crippen molar-refractivity contribution in [1.82, 2.24) is 15.5 Å². The van der Waals surface area contributed by atoms with Gasteiger partial charge in [-0.2, -0.15) is 0 Å². The number of nitrogens with one attached hydrogen (secondary N) is 2. The van der Waals surface area contributed by atoms with E-state index >= 15 is 0 Å². The van der Waals surface area contributed by atoms with Crippen molar-refractivity contribution in [2.45, 2.75) is 46.1 Å². The molecule has 1 saturated heterocycles. The molecule has 0 radical (unpaired) electrons. The minimum Gasteiger partial charge on any atom is -0.353 e. The van der Waals surface area contributed by atoms with E-state index in [1.165, 1.54) is 0 Å². The Hall–Kier alpha value is -1.10. The van der Waals surface area contributed by atoms with E-state index in [4.69, 9.17) is 0 Å². The van der Waals surface area contributed by atoms with E-state index in [0.717, 1.165) is 39.0 Å². The molecular formula is C14H27N3O2. The molecule has 1 aliphatic heterocycles. The van der Waals surface area contributed by atoms with Crippen LogP contribution in [-0.2, 0) is 9.59 Å². The van der Waals surface area contributed by atoms with Crippen LogP contribution in [0.15, 0.2) is 0 Å². The molecule has 0 aliphatic carbocycles. The SMILES string of the molecule is CCNCC(C)C(=O)N1CCC(NC(=O)CC)CC1. The lowest BCUT2D eigenvalue weighted by Crippen LogP contribution is -2.48. The average Bonchev–Trinajstić information content (AvgIpc) is 2.44. The Labute approximate surface area is 116 Å². The highest BCUT2D eigenvalue weighted by Crippen LogP contribution is 2.13. The Morgan fingerprint density at radius 3 is 2.42 bits per heavy atom. The zero-order valence-electron chi connectivity index (χ0n) is 12.4. The van der Waals surface area contributed by atoms with Crippen LogP contribution in [-0.4, -0.2) is 48.9 Å². The molecule has 1 unspecified atom stereocenters. The highest BCUT2D eigenvalue weighted by molar-refractivity contribution is 5.79. The molecule has 1 rings (SSSR count). The molecule has 1 fully saturated rings. The second-order valence-electron chi connectivity index (χ2n) is 5.23. The molecular weight excluding hydrogens is 242 g/mol. The number of carbonyl (C=O) groups excluding carboxylic acids is 2. The molecule has 1 heterocycles. The van der Waals surface area contributed by atoms with Gasteiger partial charge in [-0.3, -0.25) is 9.59 Å². The molecule has 0 saturated carbocycles. The minimum atomic E-state index is 0.0294. The van der Waals surface area contributed by atoms with Gasteiger partial charge in [0.1, 0.15) is 0 Å². The lowest BCUT2D eigenvalue weighted by Gasteiger charge is -2.34. The molecule has 5 heteroatoms. The van der Waals surface area contributed by atoms with Crippen molar-refractivity contribution in [3.63, 3.8) is 0 Å². The van der Waals surface area contributed by atoms with Gasteiger partial charge < -0.3 is 15.5 Å². The van der Waals surface area contributed by atoms with Gasteiger partial charge in [0.15, 0.2) is 0 Å². The molecule has 110 valence electrons. The minimum absolute atomic E-state index is 0.0294. The Balaban J connectivity index is 2.32. The second kappa shape index (κ2) is 8.15. The average molecular weight is 269 g/mol. The van der Waals surface area contributed by atoms with Gasteiger partial charge in [0.25, 0.3) is 0 Å². The van der Waals surface area contributed by atoms with Crippen LogP contribution < -0.4 is 10.6 Å². The summed E-state index contributed by atoms with van der Waals surface area (Å²) in [5.41, 5.74) is 0. The second-order valence-corrected chi connectivity index (χ2v) is 5.23. The number of rotatable bonds is 6. The summed E-state index contributed by atoms with van der Waals surface area (Å²) in [5, 5.41) is 6.21. The van der Waals surface area contributed by atoms with Crippen LogP contribution in [0.5, 0.6) is 0 Å². The molecule has 2 amide bonds. The van der Waals surface area contributed by atoms with Gasteiger partial charge in [0, 0.05) is 38.0 Å². The zero-order chi connectivity index (χ0) is 14.3. The first-order valence-electron chi connectivity index (χ1n) is 7.37. The van der Waals surface area contributed by atoms with E-state index in [9.17, 15) is 9.59 Å². The van der Waals surface area contributed by atoms with Gasteiger partial charge in [0.2, 0.25) is 11.8 Å². The number of nitrogens with zero attached hydrogens (tertiary/aromatic N) is 1. The first kappa shape index (κ1) is 16.0. The summed E-state index contributed by atoms with van der Waals surface area (Å²) < 4.78 is 0. The first-order chi connectivity index (χ1) is 9.08. The van der Waals surface area contributed by atoms with Crippen molar-refractivity contribution in [1.29, 1.82) is 0 Å². The fraction of sp³-hybridized carbons (Fsp3) is 0.857.